The molecule has 6 nitrogen and oxygen atoms in total. The van der Waals surface area contributed by atoms with E-state index in [1.54, 1.807) is 0 Å². The molecule has 0 bridgehead atoms. The van der Waals surface area contributed by atoms with Gasteiger partial charge in [-0.15, -0.1) is 0 Å². The number of hydrogen-bond acceptors (Lipinski definition) is 5. The third kappa shape index (κ3) is 6.24. The van der Waals surface area contributed by atoms with E-state index < -0.39 is 9.84 Å². The van der Waals surface area contributed by atoms with Crippen LogP contribution in [-0.2, 0) is 21.2 Å². The van der Waals surface area contributed by atoms with Gasteiger partial charge in [0.25, 0.3) is 0 Å². The van der Waals surface area contributed by atoms with Gasteiger partial charge >= 0.3 is 0 Å². The Balaban J connectivity index is 1.71. The lowest BCUT2D eigenvalue weighted by atomic mass is 10.2. The number of anilines is 1. The SMILES string of the molecule is CCCCCCn1c(SCC(=O)Nc2cc(S(C)(=O)=O)ccc2Cl)nc2ccccc21. The summed E-state index contributed by atoms with van der Waals surface area (Å²) < 4.78 is 25.7. The van der Waals surface area contributed by atoms with E-state index in [1.165, 1.54) is 42.8 Å². The number of carbonyl (C=O) groups excluding carboxylic acids is 1. The Morgan fingerprint density at radius 1 is 1.16 bits per heavy atom. The van der Waals surface area contributed by atoms with Crippen molar-refractivity contribution in [3.8, 4) is 0 Å². The van der Waals surface area contributed by atoms with Crippen molar-refractivity contribution in [3.63, 3.8) is 0 Å². The van der Waals surface area contributed by atoms with E-state index in [1.807, 2.05) is 24.3 Å². The Labute approximate surface area is 192 Å². The number of unbranched alkanes of at least 4 members (excludes halogenated alkanes) is 3. The zero-order chi connectivity index (χ0) is 22.4. The number of imidazole rings is 1. The number of thioether (sulfide) groups is 1. The van der Waals surface area contributed by atoms with Gasteiger partial charge in [0.15, 0.2) is 15.0 Å². The highest BCUT2D eigenvalue weighted by Crippen LogP contribution is 2.27. The molecule has 0 atom stereocenters. The lowest BCUT2D eigenvalue weighted by molar-refractivity contribution is -0.113. The molecule has 1 heterocycles. The third-order valence-electron chi connectivity index (χ3n) is 4.83. The molecule has 1 amide bonds. The van der Waals surface area contributed by atoms with Crippen molar-refractivity contribution in [2.75, 3.05) is 17.3 Å². The number of nitrogens with zero attached hydrogens (tertiary/aromatic N) is 2. The van der Waals surface area contributed by atoms with Crippen LogP contribution in [0.4, 0.5) is 5.69 Å². The van der Waals surface area contributed by atoms with Crippen LogP contribution in [-0.4, -0.2) is 35.9 Å². The normalized spacial score (nSPS) is 11.7. The first kappa shape index (κ1) is 23.6. The number of nitrogens with one attached hydrogen (secondary N) is 1. The van der Waals surface area contributed by atoms with E-state index in [0.717, 1.165) is 41.8 Å². The van der Waals surface area contributed by atoms with Crippen molar-refractivity contribution in [2.24, 2.45) is 0 Å². The molecule has 0 aliphatic carbocycles. The van der Waals surface area contributed by atoms with Gasteiger partial charge in [0.05, 0.1) is 32.4 Å². The summed E-state index contributed by atoms with van der Waals surface area (Å²) in [5.74, 6) is -0.139. The fraction of sp³-hybridized carbons (Fsp3) is 0.364. The van der Waals surface area contributed by atoms with E-state index >= 15 is 0 Å². The molecular weight excluding hydrogens is 454 g/mol. The maximum atomic E-state index is 12.5. The maximum absolute atomic E-state index is 12.5. The second-order valence-corrected chi connectivity index (χ2v) is 10.7. The van der Waals surface area contributed by atoms with Crippen LogP contribution in [0.25, 0.3) is 11.0 Å². The van der Waals surface area contributed by atoms with Crippen LogP contribution in [0.3, 0.4) is 0 Å². The third-order valence-corrected chi connectivity index (χ3v) is 7.24. The van der Waals surface area contributed by atoms with Gasteiger partial charge in [-0.25, -0.2) is 13.4 Å². The van der Waals surface area contributed by atoms with Crippen LogP contribution in [0.15, 0.2) is 52.5 Å². The number of para-hydroxylation sites is 2. The van der Waals surface area contributed by atoms with Crippen LogP contribution < -0.4 is 5.32 Å². The molecule has 0 aliphatic heterocycles. The Morgan fingerprint density at radius 2 is 1.94 bits per heavy atom. The monoisotopic (exact) mass is 479 g/mol. The number of fused-ring (bicyclic) bond motifs is 1. The summed E-state index contributed by atoms with van der Waals surface area (Å²) in [4.78, 5) is 17.3. The van der Waals surface area contributed by atoms with Crippen LogP contribution in [0.1, 0.15) is 32.6 Å². The summed E-state index contributed by atoms with van der Waals surface area (Å²) in [5, 5.41) is 3.79. The molecule has 0 fully saturated rings. The van der Waals surface area contributed by atoms with Gasteiger partial charge in [0, 0.05) is 12.8 Å². The number of sulfone groups is 1. The molecule has 0 saturated carbocycles. The van der Waals surface area contributed by atoms with Crippen molar-refractivity contribution < 1.29 is 13.2 Å². The number of amides is 1. The molecule has 31 heavy (non-hydrogen) atoms. The minimum Gasteiger partial charge on any atom is -0.324 e. The van der Waals surface area contributed by atoms with Crippen molar-refractivity contribution in [2.45, 2.75) is 49.2 Å². The van der Waals surface area contributed by atoms with Crippen LogP contribution in [0.5, 0.6) is 0 Å². The summed E-state index contributed by atoms with van der Waals surface area (Å²) >= 11 is 7.49. The number of aryl methyl sites for hydroxylation is 1. The van der Waals surface area contributed by atoms with Gasteiger partial charge in [-0.2, -0.15) is 0 Å². The quantitative estimate of drug-likeness (QED) is 0.311. The number of halogens is 1. The van der Waals surface area contributed by atoms with Crippen molar-refractivity contribution >= 4 is 55.8 Å². The molecular formula is C22H26ClN3O3S2. The second-order valence-electron chi connectivity index (χ2n) is 7.35. The molecule has 0 unspecified atom stereocenters. The molecule has 1 aromatic heterocycles. The average molecular weight is 480 g/mol. The number of benzene rings is 2. The summed E-state index contributed by atoms with van der Waals surface area (Å²) in [7, 11) is -3.40. The predicted molar refractivity (Wildman–Crippen MR) is 128 cm³/mol. The van der Waals surface area contributed by atoms with Gasteiger partial charge < -0.3 is 9.88 Å². The Hall–Kier alpha value is -2.03. The molecule has 3 aromatic rings. The van der Waals surface area contributed by atoms with Crippen molar-refractivity contribution in [1.82, 2.24) is 9.55 Å². The summed E-state index contributed by atoms with van der Waals surface area (Å²) in [6.45, 7) is 3.04. The summed E-state index contributed by atoms with van der Waals surface area (Å²) in [5.41, 5.74) is 2.25. The van der Waals surface area contributed by atoms with Gasteiger partial charge in [-0.05, 0) is 36.8 Å². The highest BCUT2D eigenvalue weighted by Gasteiger charge is 2.15. The minimum atomic E-state index is -3.40. The highest BCUT2D eigenvalue weighted by molar-refractivity contribution is 7.99. The number of aromatic nitrogens is 2. The standard InChI is InChI=1S/C22H26ClN3O3S2/c1-3-4-5-8-13-26-20-10-7-6-9-18(20)25-22(26)30-15-21(27)24-19-14-16(31(2,28)29)11-12-17(19)23/h6-7,9-12,14H,3-5,8,13,15H2,1-2H3,(H,24,27). The topological polar surface area (TPSA) is 81.1 Å². The fourth-order valence-electron chi connectivity index (χ4n) is 3.22. The number of rotatable bonds is 10. The van der Waals surface area contributed by atoms with Gasteiger partial charge in [0.1, 0.15) is 0 Å². The molecule has 0 radical (unpaired) electrons. The first-order valence-electron chi connectivity index (χ1n) is 10.2. The molecule has 0 aliphatic rings. The molecule has 9 heteroatoms. The zero-order valence-electron chi connectivity index (χ0n) is 17.6. The average Bonchev–Trinajstić information content (AvgIpc) is 3.08. The molecule has 166 valence electrons. The Bertz CT molecular complexity index is 1180. The van der Waals surface area contributed by atoms with E-state index in [0.29, 0.717) is 0 Å². The fourth-order valence-corrected chi connectivity index (χ4v) is 4.88. The lowest BCUT2D eigenvalue weighted by Gasteiger charge is -2.10. The minimum absolute atomic E-state index is 0.105. The number of carbonyl (C=O) groups is 1. The molecule has 3 rings (SSSR count). The molecule has 2 aromatic carbocycles. The van der Waals surface area contributed by atoms with Crippen molar-refractivity contribution in [3.05, 3.63) is 47.5 Å². The molecule has 0 saturated heterocycles. The summed E-state index contributed by atoms with van der Waals surface area (Å²) in [6.07, 6.45) is 5.70. The van der Waals surface area contributed by atoms with Gasteiger partial charge in [0.2, 0.25) is 5.91 Å². The molecule has 0 spiro atoms. The van der Waals surface area contributed by atoms with Gasteiger partial charge in [-0.3, -0.25) is 4.79 Å². The van der Waals surface area contributed by atoms with Crippen LogP contribution in [0, 0.1) is 0 Å². The van der Waals surface area contributed by atoms with Crippen LogP contribution >= 0.6 is 23.4 Å². The van der Waals surface area contributed by atoms with E-state index in [4.69, 9.17) is 16.6 Å². The Morgan fingerprint density at radius 3 is 2.68 bits per heavy atom. The predicted octanol–water partition coefficient (Wildman–Crippen LogP) is 5.40. The van der Waals surface area contributed by atoms with E-state index in [9.17, 15) is 13.2 Å². The van der Waals surface area contributed by atoms with E-state index in [-0.39, 0.29) is 27.3 Å². The molecule has 1 N–H and O–H groups in total. The lowest BCUT2D eigenvalue weighted by Crippen LogP contribution is -2.15. The summed E-state index contributed by atoms with van der Waals surface area (Å²) in [6, 6.07) is 12.2. The zero-order valence-corrected chi connectivity index (χ0v) is 20.0. The van der Waals surface area contributed by atoms with Gasteiger partial charge in [-0.1, -0.05) is 61.7 Å². The highest BCUT2D eigenvalue weighted by atomic mass is 35.5. The largest absolute Gasteiger partial charge is 0.324 e. The Kier molecular flexibility index (Phi) is 8.02. The second kappa shape index (κ2) is 10.5. The van der Waals surface area contributed by atoms with E-state index in [2.05, 4.69) is 16.8 Å². The maximum Gasteiger partial charge on any atom is 0.234 e. The first-order valence-corrected chi connectivity index (χ1v) is 13.4. The van der Waals surface area contributed by atoms with Crippen molar-refractivity contribution in [1.29, 1.82) is 0 Å². The van der Waals surface area contributed by atoms with Crippen LogP contribution in [0.2, 0.25) is 5.02 Å². The number of hydrogen-bond donors (Lipinski definition) is 1. The first-order chi connectivity index (χ1) is 14.8. The smallest absolute Gasteiger partial charge is 0.234 e.